The van der Waals surface area contributed by atoms with Crippen molar-refractivity contribution in [2.45, 2.75) is 18.3 Å². The Morgan fingerprint density at radius 3 is 2.32 bits per heavy atom. The van der Waals surface area contributed by atoms with Gasteiger partial charge < -0.3 is 10.1 Å². The lowest BCUT2D eigenvalue weighted by Gasteiger charge is -2.19. The molecule has 5 heteroatoms. The van der Waals surface area contributed by atoms with Crippen LogP contribution in [-0.2, 0) is 10.2 Å². The molecule has 22 heavy (non-hydrogen) atoms. The molecule has 1 amide bonds. The van der Waals surface area contributed by atoms with E-state index in [1.807, 2.05) is 24.3 Å². The monoisotopic (exact) mass is 335 g/mol. The van der Waals surface area contributed by atoms with Crippen LogP contribution in [0.5, 0.6) is 5.75 Å². The number of carbonyl (C=O) groups excluding carboxylic acids is 1. The first-order valence-electron chi connectivity index (χ1n) is 6.97. The van der Waals surface area contributed by atoms with Crippen LogP contribution in [0.4, 0.5) is 5.69 Å². The van der Waals surface area contributed by atoms with Gasteiger partial charge in [-0.1, -0.05) is 47.5 Å². The van der Waals surface area contributed by atoms with Crippen LogP contribution in [0, 0.1) is 0 Å². The van der Waals surface area contributed by atoms with Gasteiger partial charge in [0, 0.05) is 5.56 Å². The summed E-state index contributed by atoms with van der Waals surface area (Å²) in [6, 6.07) is 12.7. The molecule has 114 valence electrons. The van der Waals surface area contributed by atoms with Crippen LogP contribution in [0.15, 0.2) is 42.5 Å². The van der Waals surface area contributed by atoms with Gasteiger partial charge in [0.05, 0.1) is 28.3 Å². The van der Waals surface area contributed by atoms with Crippen molar-refractivity contribution in [3.05, 3.63) is 58.1 Å². The Bertz CT molecular complexity index is 706. The number of carbonyl (C=O) groups is 1. The normalized spacial score (nSPS) is 15.2. The van der Waals surface area contributed by atoms with Crippen LogP contribution in [0.25, 0.3) is 0 Å². The second kappa shape index (κ2) is 5.82. The van der Waals surface area contributed by atoms with Crippen LogP contribution < -0.4 is 10.1 Å². The van der Waals surface area contributed by atoms with E-state index >= 15 is 0 Å². The molecule has 1 aliphatic rings. The number of nitrogens with one attached hydrogen (secondary N) is 1. The summed E-state index contributed by atoms with van der Waals surface area (Å²) < 4.78 is 5.39. The number of methoxy groups -OCH3 is 1. The summed E-state index contributed by atoms with van der Waals surface area (Å²) in [6.07, 6.45) is 1.56. The zero-order valence-corrected chi connectivity index (χ0v) is 13.5. The molecule has 0 spiro atoms. The summed E-state index contributed by atoms with van der Waals surface area (Å²) >= 11 is 12.2. The Morgan fingerprint density at radius 2 is 1.73 bits per heavy atom. The average molecular weight is 336 g/mol. The molecule has 1 fully saturated rings. The van der Waals surface area contributed by atoms with E-state index in [2.05, 4.69) is 5.32 Å². The summed E-state index contributed by atoms with van der Waals surface area (Å²) in [5, 5.41) is 3.73. The molecule has 0 heterocycles. The van der Waals surface area contributed by atoms with Crippen LogP contribution in [0.1, 0.15) is 18.4 Å². The van der Waals surface area contributed by atoms with E-state index < -0.39 is 5.41 Å². The molecule has 0 aromatic heterocycles. The minimum atomic E-state index is -0.560. The number of benzene rings is 2. The molecular formula is C17H15Cl2NO2. The first kappa shape index (κ1) is 15.2. The second-order valence-corrected chi connectivity index (χ2v) is 6.15. The van der Waals surface area contributed by atoms with E-state index in [4.69, 9.17) is 27.9 Å². The third kappa shape index (κ3) is 2.55. The van der Waals surface area contributed by atoms with Crippen molar-refractivity contribution in [3.63, 3.8) is 0 Å². The quantitative estimate of drug-likeness (QED) is 0.881. The number of hydrogen-bond acceptors (Lipinski definition) is 2. The smallest absolute Gasteiger partial charge is 0.235 e. The van der Waals surface area contributed by atoms with Gasteiger partial charge in [0.1, 0.15) is 5.75 Å². The Labute approximate surface area is 139 Å². The highest BCUT2D eigenvalue weighted by Crippen LogP contribution is 2.52. The van der Waals surface area contributed by atoms with Crippen molar-refractivity contribution < 1.29 is 9.53 Å². The number of amides is 1. The molecule has 0 saturated heterocycles. The maximum Gasteiger partial charge on any atom is 0.235 e. The van der Waals surface area contributed by atoms with E-state index in [1.165, 1.54) is 0 Å². The highest BCUT2D eigenvalue weighted by atomic mass is 35.5. The highest BCUT2D eigenvalue weighted by Gasteiger charge is 2.53. The van der Waals surface area contributed by atoms with E-state index in [1.54, 1.807) is 25.3 Å². The molecule has 0 bridgehead atoms. The fourth-order valence-electron chi connectivity index (χ4n) is 2.63. The van der Waals surface area contributed by atoms with Crippen molar-refractivity contribution in [2.24, 2.45) is 0 Å². The number of para-hydroxylation sites is 2. The molecule has 3 nitrogen and oxygen atoms in total. The zero-order chi connectivity index (χ0) is 15.7. The van der Waals surface area contributed by atoms with Crippen molar-refractivity contribution in [1.29, 1.82) is 0 Å². The molecule has 2 aromatic carbocycles. The summed E-state index contributed by atoms with van der Waals surface area (Å²) in [4.78, 5) is 12.8. The van der Waals surface area contributed by atoms with Crippen molar-refractivity contribution >= 4 is 34.8 Å². The first-order chi connectivity index (χ1) is 10.6. The predicted octanol–water partition coefficient (Wildman–Crippen LogP) is 4.67. The summed E-state index contributed by atoms with van der Waals surface area (Å²) in [5.74, 6) is 0.618. The first-order valence-corrected chi connectivity index (χ1v) is 7.73. The van der Waals surface area contributed by atoms with Crippen LogP contribution in [-0.4, -0.2) is 13.0 Å². The fourth-order valence-corrected chi connectivity index (χ4v) is 3.13. The molecule has 1 aliphatic carbocycles. The van der Waals surface area contributed by atoms with Crippen molar-refractivity contribution in [2.75, 3.05) is 12.4 Å². The van der Waals surface area contributed by atoms with Gasteiger partial charge in [-0.2, -0.15) is 0 Å². The van der Waals surface area contributed by atoms with E-state index in [0.29, 0.717) is 15.7 Å². The summed E-state index contributed by atoms with van der Waals surface area (Å²) in [7, 11) is 1.61. The molecule has 0 unspecified atom stereocenters. The number of anilines is 1. The minimum absolute atomic E-state index is 0.105. The minimum Gasteiger partial charge on any atom is -0.496 e. The molecular weight excluding hydrogens is 321 g/mol. The third-order valence-electron chi connectivity index (χ3n) is 4.01. The number of halogens is 2. The van der Waals surface area contributed by atoms with Gasteiger partial charge in [0.25, 0.3) is 0 Å². The molecule has 0 atom stereocenters. The van der Waals surface area contributed by atoms with Gasteiger partial charge in [-0.15, -0.1) is 0 Å². The maximum atomic E-state index is 12.8. The van der Waals surface area contributed by atoms with Crippen molar-refractivity contribution in [1.82, 2.24) is 0 Å². The second-order valence-electron chi connectivity index (χ2n) is 5.33. The molecule has 0 aliphatic heterocycles. The van der Waals surface area contributed by atoms with E-state index in [0.717, 1.165) is 24.2 Å². The lowest BCUT2D eigenvalue weighted by molar-refractivity contribution is -0.118. The van der Waals surface area contributed by atoms with Gasteiger partial charge in [0.15, 0.2) is 0 Å². The van der Waals surface area contributed by atoms with Gasteiger partial charge in [0.2, 0.25) is 5.91 Å². The maximum absolute atomic E-state index is 12.8. The van der Waals surface area contributed by atoms with Crippen LogP contribution in [0.2, 0.25) is 10.0 Å². The predicted molar refractivity (Wildman–Crippen MR) is 89.0 cm³/mol. The zero-order valence-electron chi connectivity index (χ0n) is 12.0. The number of hydrogen-bond donors (Lipinski definition) is 1. The molecule has 3 rings (SSSR count). The van der Waals surface area contributed by atoms with Crippen molar-refractivity contribution in [3.8, 4) is 5.75 Å². The highest BCUT2D eigenvalue weighted by molar-refractivity contribution is 6.39. The SMILES string of the molecule is COc1ccccc1C1(C(=O)Nc2c(Cl)cccc2Cl)CC1. The van der Waals surface area contributed by atoms with E-state index in [-0.39, 0.29) is 5.91 Å². The van der Waals surface area contributed by atoms with Crippen LogP contribution in [0.3, 0.4) is 0 Å². The molecule has 1 saturated carbocycles. The molecule has 1 N–H and O–H groups in total. The fraction of sp³-hybridized carbons (Fsp3) is 0.235. The topological polar surface area (TPSA) is 38.3 Å². The average Bonchev–Trinajstić information content (AvgIpc) is 3.32. The largest absolute Gasteiger partial charge is 0.496 e. The Balaban J connectivity index is 1.92. The summed E-state index contributed by atoms with van der Waals surface area (Å²) in [5.41, 5.74) is 0.796. The van der Waals surface area contributed by atoms with Gasteiger partial charge >= 0.3 is 0 Å². The molecule has 2 aromatic rings. The Hall–Kier alpha value is -1.71. The lowest BCUT2D eigenvalue weighted by atomic mass is 9.94. The van der Waals surface area contributed by atoms with Gasteiger partial charge in [-0.05, 0) is 31.0 Å². The lowest BCUT2D eigenvalue weighted by Crippen LogP contribution is -2.28. The van der Waals surface area contributed by atoms with Gasteiger partial charge in [-0.25, -0.2) is 0 Å². The van der Waals surface area contributed by atoms with Gasteiger partial charge in [-0.3, -0.25) is 4.79 Å². The Morgan fingerprint density at radius 1 is 1.09 bits per heavy atom. The molecule has 0 radical (unpaired) electrons. The van der Waals surface area contributed by atoms with E-state index in [9.17, 15) is 4.79 Å². The third-order valence-corrected chi connectivity index (χ3v) is 4.64. The number of rotatable bonds is 4. The van der Waals surface area contributed by atoms with Crippen LogP contribution >= 0.6 is 23.2 Å². The Kier molecular flexibility index (Phi) is 4.02. The summed E-state index contributed by atoms with van der Waals surface area (Å²) in [6.45, 7) is 0. The standard InChI is InChI=1S/C17H15Cl2NO2/c1-22-14-8-3-2-5-11(14)17(9-10-17)16(21)20-15-12(18)6-4-7-13(15)19/h2-8H,9-10H2,1H3,(H,20,21). The number of ether oxygens (including phenoxy) is 1.